The number of hydrogen-bond donors (Lipinski definition) is 2. The molecule has 7 heteroatoms. The summed E-state index contributed by atoms with van der Waals surface area (Å²) in [5.41, 5.74) is 12.5. The zero-order valence-corrected chi connectivity index (χ0v) is 9.58. The van der Waals surface area contributed by atoms with Crippen molar-refractivity contribution in [2.45, 2.75) is 0 Å². The number of hydrogen-bond acceptors (Lipinski definition) is 5. The maximum absolute atomic E-state index is 11.3. The van der Waals surface area contributed by atoms with Gasteiger partial charge in [-0.1, -0.05) is 6.07 Å². The van der Waals surface area contributed by atoms with Crippen molar-refractivity contribution in [3.63, 3.8) is 0 Å². The molecule has 2 aromatic heterocycles. The van der Waals surface area contributed by atoms with Gasteiger partial charge in [-0.2, -0.15) is 5.10 Å². The van der Waals surface area contributed by atoms with Crippen molar-refractivity contribution in [1.82, 2.24) is 19.7 Å². The summed E-state index contributed by atoms with van der Waals surface area (Å²) < 4.78 is 1.57. The number of aromatic nitrogens is 4. The van der Waals surface area contributed by atoms with Crippen LogP contribution in [-0.4, -0.2) is 25.7 Å². The molecule has 18 heavy (non-hydrogen) atoms. The van der Waals surface area contributed by atoms with Crippen molar-refractivity contribution in [3.8, 4) is 0 Å². The van der Waals surface area contributed by atoms with Gasteiger partial charge in [0, 0.05) is 24.0 Å². The summed E-state index contributed by atoms with van der Waals surface area (Å²) in [6.45, 7) is 0. The van der Waals surface area contributed by atoms with Gasteiger partial charge in [0.05, 0.1) is 5.52 Å². The molecule has 90 valence electrons. The fourth-order valence-electron chi connectivity index (χ4n) is 2.05. The normalized spacial score (nSPS) is 11.2. The van der Waals surface area contributed by atoms with Crippen molar-refractivity contribution >= 4 is 33.7 Å². The van der Waals surface area contributed by atoms with E-state index in [1.54, 1.807) is 24.0 Å². The number of amides is 1. The van der Waals surface area contributed by atoms with Gasteiger partial charge in [-0.15, -0.1) is 0 Å². The van der Waals surface area contributed by atoms with Crippen molar-refractivity contribution in [2.24, 2.45) is 12.8 Å². The summed E-state index contributed by atoms with van der Waals surface area (Å²) in [5.74, 6) is -0.390. The highest BCUT2D eigenvalue weighted by Crippen LogP contribution is 2.25. The summed E-state index contributed by atoms with van der Waals surface area (Å²) >= 11 is 0. The van der Waals surface area contributed by atoms with Gasteiger partial charge >= 0.3 is 0 Å². The van der Waals surface area contributed by atoms with Gasteiger partial charge in [-0.05, 0) is 6.07 Å². The van der Waals surface area contributed by atoms with Crippen molar-refractivity contribution in [2.75, 3.05) is 5.73 Å². The lowest BCUT2D eigenvalue weighted by molar-refractivity contribution is 0.0996. The lowest BCUT2D eigenvalue weighted by atomic mass is 10.1. The van der Waals surface area contributed by atoms with E-state index in [4.69, 9.17) is 11.5 Å². The van der Waals surface area contributed by atoms with E-state index in [2.05, 4.69) is 15.1 Å². The first-order chi connectivity index (χ1) is 8.58. The van der Waals surface area contributed by atoms with E-state index in [0.29, 0.717) is 10.9 Å². The van der Waals surface area contributed by atoms with Crippen LogP contribution >= 0.6 is 0 Å². The first-order valence-corrected chi connectivity index (χ1v) is 5.25. The molecule has 1 aromatic carbocycles. The molecule has 0 saturated heterocycles. The Morgan fingerprint density at radius 2 is 2.17 bits per heavy atom. The highest BCUT2D eigenvalue weighted by Gasteiger charge is 2.16. The zero-order valence-electron chi connectivity index (χ0n) is 9.58. The lowest BCUT2D eigenvalue weighted by Gasteiger charge is -2.01. The minimum Gasteiger partial charge on any atom is -0.368 e. The first-order valence-electron chi connectivity index (χ1n) is 5.25. The molecule has 0 saturated carbocycles. The Morgan fingerprint density at radius 1 is 1.39 bits per heavy atom. The van der Waals surface area contributed by atoms with Crippen LogP contribution in [0.25, 0.3) is 21.8 Å². The Kier molecular flexibility index (Phi) is 1.97. The van der Waals surface area contributed by atoms with Crippen LogP contribution in [0.4, 0.5) is 5.95 Å². The molecular weight excluding hydrogens is 232 g/mol. The maximum Gasteiger partial charge on any atom is 0.269 e. The number of benzene rings is 1. The van der Waals surface area contributed by atoms with Gasteiger partial charge in [-0.3, -0.25) is 9.48 Å². The van der Waals surface area contributed by atoms with E-state index >= 15 is 0 Å². The summed E-state index contributed by atoms with van der Waals surface area (Å²) in [6.07, 6.45) is 1.63. The minimum absolute atomic E-state index is 0.178. The van der Waals surface area contributed by atoms with Gasteiger partial charge in [0.2, 0.25) is 5.95 Å². The number of carbonyl (C=O) groups is 1. The molecule has 0 aliphatic heterocycles. The molecule has 0 radical (unpaired) electrons. The fourth-order valence-corrected chi connectivity index (χ4v) is 2.05. The summed E-state index contributed by atoms with van der Waals surface area (Å²) in [4.78, 5) is 19.4. The molecule has 4 N–H and O–H groups in total. The molecule has 7 nitrogen and oxygen atoms in total. The number of primary amides is 1. The Morgan fingerprint density at radius 3 is 2.89 bits per heavy atom. The second kappa shape index (κ2) is 3.39. The van der Waals surface area contributed by atoms with Crippen LogP contribution < -0.4 is 11.5 Å². The third-order valence-corrected chi connectivity index (χ3v) is 2.81. The van der Waals surface area contributed by atoms with E-state index in [9.17, 15) is 4.79 Å². The Labute approximate surface area is 101 Å². The largest absolute Gasteiger partial charge is 0.368 e. The zero-order chi connectivity index (χ0) is 12.9. The van der Waals surface area contributed by atoms with Crippen molar-refractivity contribution in [3.05, 3.63) is 24.0 Å². The smallest absolute Gasteiger partial charge is 0.269 e. The average Bonchev–Trinajstić information content (AvgIpc) is 2.67. The highest BCUT2D eigenvalue weighted by atomic mass is 16.1. The molecule has 2 heterocycles. The second-order valence-electron chi connectivity index (χ2n) is 3.96. The quantitative estimate of drug-likeness (QED) is 0.632. The van der Waals surface area contributed by atoms with Crippen LogP contribution in [0.5, 0.6) is 0 Å². The van der Waals surface area contributed by atoms with Crippen molar-refractivity contribution < 1.29 is 4.79 Å². The van der Waals surface area contributed by atoms with Crippen LogP contribution in [-0.2, 0) is 7.05 Å². The molecule has 0 aliphatic rings. The number of rotatable bonds is 1. The van der Waals surface area contributed by atoms with Crippen LogP contribution in [0.3, 0.4) is 0 Å². The third kappa shape index (κ3) is 1.30. The summed E-state index contributed by atoms with van der Waals surface area (Å²) in [7, 11) is 1.73. The predicted molar refractivity (Wildman–Crippen MR) is 66.7 cm³/mol. The molecule has 0 unspecified atom stereocenters. The van der Waals surface area contributed by atoms with Gasteiger partial charge in [0.15, 0.2) is 5.69 Å². The fraction of sp³-hybridized carbons (Fsp3) is 0.0909. The molecule has 0 bridgehead atoms. The van der Waals surface area contributed by atoms with Crippen LogP contribution in [0, 0.1) is 0 Å². The summed E-state index contributed by atoms with van der Waals surface area (Å²) in [5, 5.41) is 5.60. The number of aryl methyl sites for hydroxylation is 1. The number of fused-ring (bicyclic) bond motifs is 3. The Balaban J connectivity index is 2.54. The highest BCUT2D eigenvalue weighted by molar-refractivity contribution is 6.11. The maximum atomic E-state index is 11.3. The minimum atomic E-state index is -0.568. The average molecular weight is 242 g/mol. The Bertz CT molecular complexity index is 791. The Hall–Kier alpha value is -2.70. The van der Waals surface area contributed by atoms with Crippen LogP contribution in [0.1, 0.15) is 10.5 Å². The van der Waals surface area contributed by atoms with E-state index in [1.807, 2.05) is 6.07 Å². The number of anilines is 1. The lowest BCUT2D eigenvalue weighted by Crippen LogP contribution is -2.12. The molecule has 0 aliphatic carbocycles. The SMILES string of the molecule is Cn1nc(C(N)=O)c2ccc3cnc(N)nc3c21. The molecule has 3 rings (SSSR count). The van der Waals surface area contributed by atoms with Gasteiger partial charge in [0.25, 0.3) is 5.91 Å². The molecule has 0 atom stereocenters. The molecule has 1 amide bonds. The van der Waals surface area contributed by atoms with Crippen LogP contribution in [0.15, 0.2) is 18.3 Å². The first kappa shape index (κ1) is 10.5. The van der Waals surface area contributed by atoms with Gasteiger partial charge < -0.3 is 11.5 Å². The van der Waals surface area contributed by atoms with Gasteiger partial charge in [0.1, 0.15) is 5.52 Å². The molecule has 0 fully saturated rings. The molecule has 0 spiro atoms. The number of nitrogens with zero attached hydrogens (tertiary/aromatic N) is 4. The third-order valence-electron chi connectivity index (χ3n) is 2.81. The van der Waals surface area contributed by atoms with Crippen LogP contribution in [0.2, 0.25) is 0 Å². The standard InChI is InChI=1S/C11H10N6O/c1-17-9-6(8(16-17)10(12)18)3-2-5-4-14-11(13)15-7(5)9/h2-4H,1H3,(H2,12,18)(H2,13,14,15). The number of nitrogens with two attached hydrogens (primary N) is 2. The second-order valence-corrected chi connectivity index (χ2v) is 3.96. The molecule has 3 aromatic rings. The van der Waals surface area contributed by atoms with Crippen molar-refractivity contribution in [1.29, 1.82) is 0 Å². The monoisotopic (exact) mass is 242 g/mol. The van der Waals surface area contributed by atoms with E-state index < -0.39 is 5.91 Å². The van der Waals surface area contributed by atoms with E-state index in [0.717, 1.165) is 10.9 Å². The molecular formula is C11H10N6O. The predicted octanol–water partition coefficient (Wildman–Crippen LogP) is 0.198. The number of carbonyl (C=O) groups excluding carboxylic acids is 1. The topological polar surface area (TPSA) is 113 Å². The van der Waals surface area contributed by atoms with E-state index in [-0.39, 0.29) is 11.6 Å². The van der Waals surface area contributed by atoms with E-state index in [1.165, 1.54) is 0 Å². The number of nitrogen functional groups attached to an aromatic ring is 1. The van der Waals surface area contributed by atoms with Gasteiger partial charge in [-0.25, -0.2) is 9.97 Å². The summed E-state index contributed by atoms with van der Waals surface area (Å²) in [6, 6.07) is 3.59.